The Morgan fingerprint density at radius 1 is 1.50 bits per heavy atom. The molecule has 2 heterocycles. The quantitative estimate of drug-likeness (QED) is 0.828. The molecule has 5 nitrogen and oxygen atoms in total. The zero-order valence-corrected chi connectivity index (χ0v) is 11.8. The van der Waals surface area contributed by atoms with Crippen molar-refractivity contribution < 1.29 is 4.79 Å². The molecule has 0 saturated carbocycles. The molecule has 20 heavy (non-hydrogen) atoms. The van der Waals surface area contributed by atoms with Crippen LogP contribution in [0.2, 0.25) is 0 Å². The summed E-state index contributed by atoms with van der Waals surface area (Å²) in [5.74, 6) is 5.41. The Morgan fingerprint density at radius 3 is 3.05 bits per heavy atom. The van der Waals surface area contributed by atoms with E-state index in [0.29, 0.717) is 17.7 Å². The van der Waals surface area contributed by atoms with E-state index in [-0.39, 0.29) is 12.5 Å². The number of pyridine rings is 1. The lowest BCUT2D eigenvalue weighted by molar-refractivity contribution is 0.0951. The van der Waals surface area contributed by atoms with E-state index >= 15 is 0 Å². The lowest BCUT2D eigenvalue weighted by Gasteiger charge is -2.04. The van der Waals surface area contributed by atoms with E-state index in [1.54, 1.807) is 17.8 Å². The van der Waals surface area contributed by atoms with Gasteiger partial charge in [-0.15, -0.1) is 11.3 Å². The fraction of sp³-hybridized carbons (Fsp3) is 0.214. The van der Waals surface area contributed by atoms with Gasteiger partial charge in [0.25, 0.3) is 5.91 Å². The molecule has 0 spiro atoms. The van der Waals surface area contributed by atoms with Gasteiger partial charge >= 0.3 is 0 Å². The number of hydrogen-bond acceptors (Lipinski definition) is 5. The number of amides is 1. The molecule has 0 atom stereocenters. The van der Waals surface area contributed by atoms with Crippen molar-refractivity contribution in [1.82, 2.24) is 15.3 Å². The summed E-state index contributed by atoms with van der Waals surface area (Å²) in [6, 6.07) is 1.70. The Morgan fingerprint density at radius 2 is 2.35 bits per heavy atom. The first-order valence-electron chi connectivity index (χ1n) is 6.02. The van der Waals surface area contributed by atoms with Gasteiger partial charge in [-0.3, -0.25) is 9.78 Å². The normalized spacial score (nSPS) is 9.70. The number of thiazole rings is 1. The molecule has 2 aromatic rings. The molecule has 0 aliphatic carbocycles. The molecule has 0 saturated heterocycles. The molecule has 0 fully saturated rings. The average molecular weight is 286 g/mol. The average Bonchev–Trinajstić information content (AvgIpc) is 2.88. The minimum atomic E-state index is -0.179. The third-order valence-electron chi connectivity index (χ3n) is 2.59. The number of aryl methyl sites for hydroxylation is 1. The van der Waals surface area contributed by atoms with Crippen molar-refractivity contribution in [3.63, 3.8) is 0 Å². The number of carbonyl (C=O) groups is 1. The van der Waals surface area contributed by atoms with Crippen molar-refractivity contribution in [2.75, 3.05) is 6.54 Å². The van der Waals surface area contributed by atoms with Gasteiger partial charge in [0.15, 0.2) is 0 Å². The number of nitrogens with zero attached hydrogens (tertiary/aromatic N) is 2. The SMILES string of the molecule is Cc1ncsc1CNC(=O)c1cncc(C#CCN)c1. The fourth-order valence-electron chi connectivity index (χ4n) is 1.54. The third-order valence-corrected chi connectivity index (χ3v) is 3.52. The molecule has 2 rings (SSSR count). The maximum atomic E-state index is 12.0. The molecular formula is C14H14N4OS. The van der Waals surface area contributed by atoms with Crippen LogP contribution in [0.4, 0.5) is 0 Å². The molecule has 2 aromatic heterocycles. The number of aromatic nitrogens is 2. The van der Waals surface area contributed by atoms with Crippen LogP contribution in [0.25, 0.3) is 0 Å². The first-order chi connectivity index (χ1) is 9.70. The highest BCUT2D eigenvalue weighted by atomic mass is 32.1. The van der Waals surface area contributed by atoms with Crippen LogP contribution < -0.4 is 11.1 Å². The van der Waals surface area contributed by atoms with Crippen LogP contribution in [0.1, 0.15) is 26.5 Å². The van der Waals surface area contributed by atoms with E-state index in [9.17, 15) is 4.79 Å². The smallest absolute Gasteiger partial charge is 0.253 e. The Bertz CT molecular complexity index is 669. The van der Waals surface area contributed by atoms with Gasteiger partial charge in [0.2, 0.25) is 0 Å². The molecule has 0 radical (unpaired) electrons. The largest absolute Gasteiger partial charge is 0.347 e. The van der Waals surface area contributed by atoms with E-state index in [1.807, 2.05) is 6.92 Å². The fourth-order valence-corrected chi connectivity index (χ4v) is 2.26. The highest BCUT2D eigenvalue weighted by molar-refractivity contribution is 7.09. The van der Waals surface area contributed by atoms with Crippen molar-refractivity contribution in [2.45, 2.75) is 13.5 Å². The van der Waals surface area contributed by atoms with Crippen molar-refractivity contribution in [3.05, 3.63) is 45.7 Å². The van der Waals surface area contributed by atoms with Crippen molar-refractivity contribution >= 4 is 17.2 Å². The highest BCUT2D eigenvalue weighted by Gasteiger charge is 2.08. The number of hydrogen-bond donors (Lipinski definition) is 2. The summed E-state index contributed by atoms with van der Waals surface area (Å²) in [4.78, 5) is 21.2. The summed E-state index contributed by atoms with van der Waals surface area (Å²) < 4.78 is 0. The van der Waals surface area contributed by atoms with Crippen molar-refractivity contribution in [2.24, 2.45) is 5.73 Å². The van der Waals surface area contributed by atoms with Gasteiger partial charge in [-0.1, -0.05) is 11.8 Å². The Kier molecular flexibility index (Phi) is 4.82. The monoisotopic (exact) mass is 286 g/mol. The van der Waals surface area contributed by atoms with Crippen molar-refractivity contribution in [1.29, 1.82) is 0 Å². The van der Waals surface area contributed by atoms with Crippen LogP contribution in [0.3, 0.4) is 0 Å². The summed E-state index contributed by atoms with van der Waals surface area (Å²) in [6.45, 7) is 2.66. The molecular weight excluding hydrogens is 272 g/mol. The van der Waals surface area contributed by atoms with Crippen LogP contribution >= 0.6 is 11.3 Å². The van der Waals surface area contributed by atoms with Gasteiger partial charge in [0.1, 0.15) is 0 Å². The molecule has 6 heteroatoms. The van der Waals surface area contributed by atoms with Gasteiger partial charge in [-0.05, 0) is 13.0 Å². The second kappa shape index (κ2) is 6.80. The molecule has 0 aromatic carbocycles. The Balaban J connectivity index is 2.04. The lowest BCUT2D eigenvalue weighted by atomic mass is 10.2. The Labute approximate surface area is 121 Å². The van der Waals surface area contributed by atoms with E-state index in [2.05, 4.69) is 27.1 Å². The van der Waals surface area contributed by atoms with E-state index in [0.717, 1.165) is 10.6 Å². The van der Waals surface area contributed by atoms with E-state index < -0.39 is 0 Å². The first kappa shape index (κ1) is 14.2. The number of rotatable bonds is 3. The second-order valence-corrected chi connectivity index (χ2v) is 4.95. The van der Waals surface area contributed by atoms with Gasteiger partial charge in [-0.25, -0.2) is 4.98 Å². The molecule has 0 aliphatic heterocycles. The van der Waals surface area contributed by atoms with Gasteiger partial charge in [0, 0.05) is 22.8 Å². The molecule has 0 unspecified atom stereocenters. The topological polar surface area (TPSA) is 80.9 Å². The predicted octanol–water partition coefficient (Wildman–Crippen LogP) is 1.09. The standard InChI is InChI=1S/C14H14N4OS/c1-10-13(20-9-18-10)8-17-14(19)12-5-11(3-2-4-15)6-16-7-12/h5-7,9H,4,8,15H2,1H3,(H,17,19). The molecule has 0 aliphatic rings. The minimum Gasteiger partial charge on any atom is -0.347 e. The molecule has 102 valence electrons. The minimum absolute atomic E-state index is 0.179. The van der Waals surface area contributed by atoms with Gasteiger partial charge < -0.3 is 11.1 Å². The van der Waals surface area contributed by atoms with E-state index in [1.165, 1.54) is 17.5 Å². The Hall–Kier alpha value is -2.23. The first-order valence-corrected chi connectivity index (χ1v) is 6.90. The highest BCUT2D eigenvalue weighted by Crippen LogP contribution is 2.11. The summed E-state index contributed by atoms with van der Waals surface area (Å²) in [5, 5.41) is 2.84. The van der Waals surface area contributed by atoms with Crippen molar-refractivity contribution in [3.8, 4) is 11.8 Å². The summed E-state index contributed by atoms with van der Waals surface area (Å²) in [5.41, 5.74) is 9.18. The molecule has 1 amide bonds. The number of nitrogens with two attached hydrogens (primary N) is 1. The zero-order chi connectivity index (χ0) is 14.4. The van der Waals surface area contributed by atoms with Gasteiger partial charge in [0.05, 0.1) is 29.9 Å². The van der Waals surface area contributed by atoms with Crippen LogP contribution in [0, 0.1) is 18.8 Å². The second-order valence-electron chi connectivity index (χ2n) is 4.01. The number of nitrogens with one attached hydrogen (secondary N) is 1. The maximum Gasteiger partial charge on any atom is 0.253 e. The summed E-state index contributed by atoms with van der Waals surface area (Å²) in [6.07, 6.45) is 3.12. The summed E-state index contributed by atoms with van der Waals surface area (Å²) >= 11 is 1.52. The summed E-state index contributed by atoms with van der Waals surface area (Å²) in [7, 11) is 0. The lowest BCUT2D eigenvalue weighted by Crippen LogP contribution is -2.22. The predicted molar refractivity (Wildman–Crippen MR) is 78.2 cm³/mol. The third kappa shape index (κ3) is 3.63. The van der Waals surface area contributed by atoms with Gasteiger partial charge in [-0.2, -0.15) is 0 Å². The van der Waals surface area contributed by atoms with Crippen LogP contribution in [0.15, 0.2) is 24.0 Å². The zero-order valence-electron chi connectivity index (χ0n) is 11.0. The van der Waals surface area contributed by atoms with E-state index in [4.69, 9.17) is 5.73 Å². The van der Waals surface area contributed by atoms with Crippen LogP contribution in [-0.4, -0.2) is 22.4 Å². The number of carbonyl (C=O) groups excluding carboxylic acids is 1. The molecule has 3 N–H and O–H groups in total. The maximum absolute atomic E-state index is 12.0. The van der Waals surface area contributed by atoms with Crippen LogP contribution in [0.5, 0.6) is 0 Å². The molecule has 0 bridgehead atoms. The van der Waals surface area contributed by atoms with Crippen LogP contribution in [-0.2, 0) is 6.54 Å².